The molecule has 2 aromatic carbocycles. The van der Waals surface area contributed by atoms with Crippen LogP contribution in [-0.4, -0.2) is 21.6 Å². The van der Waals surface area contributed by atoms with Gasteiger partial charge in [-0.05, 0) is 35.2 Å². The third-order valence-corrected chi connectivity index (χ3v) is 5.88. The van der Waals surface area contributed by atoms with Crippen LogP contribution in [0.25, 0.3) is 0 Å². The van der Waals surface area contributed by atoms with Crippen molar-refractivity contribution in [3.63, 3.8) is 0 Å². The number of ether oxygens (including phenoxy) is 1. The molecule has 128 valence electrons. The Balaban J connectivity index is 2.02. The van der Waals surface area contributed by atoms with E-state index < -0.39 is 15.8 Å². The first-order valence-corrected chi connectivity index (χ1v) is 9.19. The SMILES string of the molecule is CC(C)(C)c1ccc(S(=O)(=O)N2CCOc3ccc(F)cc32)cc1. The van der Waals surface area contributed by atoms with Crippen molar-refractivity contribution in [3.05, 3.63) is 53.8 Å². The fraction of sp³-hybridized carbons (Fsp3) is 0.333. The van der Waals surface area contributed by atoms with Gasteiger partial charge in [0.1, 0.15) is 18.2 Å². The number of sulfonamides is 1. The summed E-state index contributed by atoms with van der Waals surface area (Å²) in [4.78, 5) is 0.188. The quantitative estimate of drug-likeness (QED) is 0.830. The van der Waals surface area contributed by atoms with Crippen molar-refractivity contribution < 1.29 is 17.5 Å². The molecule has 0 aromatic heterocycles. The second-order valence-electron chi connectivity index (χ2n) is 6.81. The normalized spacial score (nSPS) is 14.9. The summed E-state index contributed by atoms with van der Waals surface area (Å²) in [6.45, 7) is 6.59. The maximum absolute atomic E-state index is 13.6. The molecule has 0 radical (unpaired) electrons. The highest BCUT2D eigenvalue weighted by molar-refractivity contribution is 7.92. The van der Waals surface area contributed by atoms with Gasteiger partial charge in [-0.15, -0.1) is 0 Å². The van der Waals surface area contributed by atoms with Gasteiger partial charge in [-0.25, -0.2) is 12.8 Å². The number of benzene rings is 2. The monoisotopic (exact) mass is 349 g/mol. The number of rotatable bonds is 2. The number of nitrogens with zero attached hydrogens (tertiary/aromatic N) is 1. The summed E-state index contributed by atoms with van der Waals surface area (Å²) in [6.07, 6.45) is 0. The van der Waals surface area contributed by atoms with Crippen LogP contribution in [0.3, 0.4) is 0 Å². The third-order valence-electron chi connectivity index (χ3n) is 4.05. The van der Waals surface area contributed by atoms with Crippen molar-refractivity contribution in [1.29, 1.82) is 0 Å². The van der Waals surface area contributed by atoms with Crippen molar-refractivity contribution in [2.45, 2.75) is 31.1 Å². The molecule has 0 unspecified atom stereocenters. The summed E-state index contributed by atoms with van der Waals surface area (Å²) in [7, 11) is -3.77. The molecule has 0 bridgehead atoms. The van der Waals surface area contributed by atoms with Gasteiger partial charge < -0.3 is 4.74 Å². The number of hydrogen-bond acceptors (Lipinski definition) is 3. The third kappa shape index (κ3) is 2.98. The van der Waals surface area contributed by atoms with Crippen molar-refractivity contribution in [1.82, 2.24) is 0 Å². The lowest BCUT2D eigenvalue weighted by Crippen LogP contribution is -2.38. The van der Waals surface area contributed by atoms with Crippen LogP contribution in [0.4, 0.5) is 10.1 Å². The lowest BCUT2D eigenvalue weighted by atomic mass is 9.87. The average molecular weight is 349 g/mol. The molecule has 0 atom stereocenters. The van der Waals surface area contributed by atoms with E-state index in [1.165, 1.54) is 22.5 Å². The minimum Gasteiger partial charge on any atom is -0.489 e. The Hall–Kier alpha value is -2.08. The molecule has 6 heteroatoms. The van der Waals surface area contributed by atoms with E-state index >= 15 is 0 Å². The van der Waals surface area contributed by atoms with Gasteiger partial charge in [0.25, 0.3) is 10.0 Å². The van der Waals surface area contributed by atoms with E-state index in [-0.39, 0.29) is 29.1 Å². The Labute approximate surface area is 141 Å². The lowest BCUT2D eigenvalue weighted by molar-refractivity contribution is 0.315. The number of hydrogen-bond donors (Lipinski definition) is 0. The average Bonchev–Trinajstić information content (AvgIpc) is 2.53. The molecule has 0 aliphatic carbocycles. The van der Waals surface area contributed by atoms with E-state index in [1.807, 2.05) is 12.1 Å². The maximum Gasteiger partial charge on any atom is 0.264 e. The van der Waals surface area contributed by atoms with Crippen LogP contribution in [-0.2, 0) is 15.4 Å². The molecule has 1 aliphatic rings. The molecule has 0 spiro atoms. The summed E-state index contributed by atoms with van der Waals surface area (Å²) >= 11 is 0. The van der Waals surface area contributed by atoms with Crippen molar-refractivity contribution >= 4 is 15.7 Å². The van der Waals surface area contributed by atoms with Gasteiger partial charge in [-0.3, -0.25) is 4.31 Å². The highest BCUT2D eigenvalue weighted by atomic mass is 32.2. The van der Waals surface area contributed by atoms with Crippen LogP contribution in [0.5, 0.6) is 5.75 Å². The van der Waals surface area contributed by atoms with E-state index in [9.17, 15) is 12.8 Å². The Morgan fingerprint density at radius 1 is 1.08 bits per heavy atom. The van der Waals surface area contributed by atoms with Crippen molar-refractivity contribution in [2.75, 3.05) is 17.5 Å². The van der Waals surface area contributed by atoms with Crippen LogP contribution < -0.4 is 9.04 Å². The van der Waals surface area contributed by atoms with E-state index in [2.05, 4.69) is 20.8 Å². The zero-order chi connectivity index (χ0) is 17.5. The molecule has 0 fully saturated rings. The molecule has 2 aromatic rings. The number of anilines is 1. The first-order valence-electron chi connectivity index (χ1n) is 7.75. The second kappa shape index (κ2) is 5.77. The molecule has 0 saturated carbocycles. The topological polar surface area (TPSA) is 46.6 Å². The van der Waals surface area contributed by atoms with Gasteiger partial charge >= 0.3 is 0 Å². The molecular weight excluding hydrogens is 329 g/mol. The zero-order valence-corrected chi connectivity index (χ0v) is 14.7. The van der Waals surface area contributed by atoms with Gasteiger partial charge in [0.15, 0.2) is 0 Å². The predicted molar refractivity (Wildman–Crippen MR) is 91.6 cm³/mol. The molecule has 24 heavy (non-hydrogen) atoms. The largest absolute Gasteiger partial charge is 0.489 e. The Morgan fingerprint density at radius 3 is 2.38 bits per heavy atom. The number of fused-ring (bicyclic) bond motifs is 1. The molecule has 4 nitrogen and oxygen atoms in total. The fourth-order valence-corrected chi connectivity index (χ4v) is 4.12. The summed E-state index contributed by atoms with van der Waals surface area (Å²) in [5.41, 5.74) is 1.23. The van der Waals surface area contributed by atoms with E-state index in [0.29, 0.717) is 5.75 Å². The van der Waals surface area contributed by atoms with Gasteiger partial charge in [-0.2, -0.15) is 0 Å². The fourth-order valence-electron chi connectivity index (χ4n) is 2.67. The van der Waals surface area contributed by atoms with Crippen LogP contribution in [0.15, 0.2) is 47.4 Å². The highest BCUT2D eigenvalue weighted by Gasteiger charge is 2.30. The van der Waals surface area contributed by atoms with Crippen LogP contribution in [0, 0.1) is 5.82 Å². The predicted octanol–water partition coefficient (Wildman–Crippen LogP) is 3.71. The molecule has 0 amide bonds. The second-order valence-corrected chi connectivity index (χ2v) is 8.67. The minimum absolute atomic E-state index is 0.0585. The molecular formula is C18H20FNO3S. The van der Waals surface area contributed by atoms with E-state index in [1.54, 1.807) is 12.1 Å². The van der Waals surface area contributed by atoms with E-state index in [0.717, 1.165) is 5.56 Å². The van der Waals surface area contributed by atoms with Gasteiger partial charge in [0.2, 0.25) is 0 Å². The summed E-state index contributed by atoms with van der Waals surface area (Å²) in [5.74, 6) is -0.125. The molecule has 3 rings (SSSR count). The van der Waals surface area contributed by atoms with Gasteiger partial charge in [0, 0.05) is 6.07 Å². The van der Waals surface area contributed by atoms with Crippen molar-refractivity contribution in [3.8, 4) is 5.75 Å². The Kier molecular flexibility index (Phi) is 4.03. The van der Waals surface area contributed by atoms with Crippen molar-refractivity contribution in [2.24, 2.45) is 0 Å². The zero-order valence-electron chi connectivity index (χ0n) is 13.9. The standard InChI is InChI=1S/C18H20FNO3S/c1-18(2,3)13-4-7-15(8-5-13)24(21,22)20-10-11-23-17-9-6-14(19)12-16(17)20/h4-9,12H,10-11H2,1-3H3. The minimum atomic E-state index is -3.77. The Morgan fingerprint density at radius 2 is 1.75 bits per heavy atom. The smallest absolute Gasteiger partial charge is 0.264 e. The highest BCUT2D eigenvalue weighted by Crippen LogP contribution is 2.36. The van der Waals surface area contributed by atoms with Gasteiger partial charge in [0.05, 0.1) is 17.1 Å². The molecule has 1 aliphatic heterocycles. The van der Waals surface area contributed by atoms with Crippen LogP contribution in [0.2, 0.25) is 0 Å². The maximum atomic E-state index is 13.6. The van der Waals surface area contributed by atoms with Crippen LogP contribution >= 0.6 is 0 Å². The Bertz CT molecular complexity index is 855. The molecule has 0 saturated heterocycles. The van der Waals surface area contributed by atoms with Gasteiger partial charge in [-0.1, -0.05) is 32.9 Å². The summed E-state index contributed by atoms with van der Waals surface area (Å²) in [6, 6.07) is 10.7. The lowest BCUT2D eigenvalue weighted by Gasteiger charge is -2.30. The van der Waals surface area contributed by atoms with E-state index in [4.69, 9.17) is 4.74 Å². The molecule has 0 N–H and O–H groups in total. The summed E-state index contributed by atoms with van der Waals surface area (Å²) < 4.78 is 46.1. The first kappa shape index (κ1) is 16.8. The first-order chi connectivity index (χ1) is 11.2. The molecule has 1 heterocycles. The number of halogens is 1. The summed E-state index contributed by atoms with van der Waals surface area (Å²) in [5, 5.41) is 0. The van der Waals surface area contributed by atoms with Crippen LogP contribution in [0.1, 0.15) is 26.3 Å².